The van der Waals surface area contributed by atoms with Gasteiger partial charge in [-0.15, -0.1) is 10.2 Å². The van der Waals surface area contributed by atoms with Gasteiger partial charge in [0, 0.05) is 30.2 Å². The molecule has 2 aromatic heterocycles. The highest BCUT2D eigenvalue weighted by Crippen LogP contribution is 2.27. The van der Waals surface area contributed by atoms with E-state index in [1.807, 2.05) is 43.3 Å². The van der Waals surface area contributed by atoms with Crippen LogP contribution in [0.3, 0.4) is 0 Å². The van der Waals surface area contributed by atoms with Crippen LogP contribution in [-0.4, -0.2) is 30.9 Å². The Bertz CT molecular complexity index is 908. The highest BCUT2D eigenvalue weighted by atomic mass is 32.2. The van der Waals surface area contributed by atoms with Crippen molar-refractivity contribution >= 4 is 23.4 Å². The highest BCUT2D eigenvalue weighted by Gasteiger charge is 2.20. The monoisotopic (exact) mass is 395 g/mol. The average Bonchev–Trinajstić information content (AvgIpc) is 3.11. The second-order valence-corrected chi connectivity index (χ2v) is 7.80. The standard InChI is InChI=1S/C21H25N5OS/c1-4-14-26-19(17-10-12-22-13-11-17)24-25-21(26)28-15(3)20(27)23-18-8-6-16(5-2)7-9-18/h6-13,15H,4-5,14H2,1-3H3,(H,23,27)/t15-/m0/s1. The molecule has 0 saturated carbocycles. The molecule has 0 radical (unpaired) electrons. The molecule has 7 heteroatoms. The van der Waals surface area contributed by atoms with Crippen molar-refractivity contribution in [1.29, 1.82) is 0 Å². The summed E-state index contributed by atoms with van der Waals surface area (Å²) in [6, 6.07) is 11.8. The second-order valence-electron chi connectivity index (χ2n) is 6.49. The number of pyridine rings is 1. The van der Waals surface area contributed by atoms with Crippen molar-refractivity contribution in [3.8, 4) is 11.4 Å². The van der Waals surface area contributed by atoms with E-state index in [0.717, 1.165) is 41.6 Å². The maximum absolute atomic E-state index is 12.6. The zero-order chi connectivity index (χ0) is 19.9. The molecule has 1 aromatic carbocycles. The summed E-state index contributed by atoms with van der Waals surface area (Å²) in [6.07, 6.45) is 5.42. The van der Waals surface area contributed by atoms with Gasteiger partial charge in [-0.1, -0.05) is 37.7 Å². The number of rotatable bonds is 8. The Morgan fingerprint density at radius 1 is 1.11 bits per heavy atom. The first-order valence-electron chi connectivity index (χ1n) is 9.52. The van der Waals surface area contributed by atoms with Crippen LogP contribution >= 0.6 is 11.8 Å². The van der Waals surface area contributed by atoms with E-state index >= 15 is 0 Å². The lowest BCUT2D eigenvalue weighted by molar-refractivity contribution is -0.115. The Balaban J connectivity index is 1.73. The Kier molecular flexibility index (Phi) is 6.81. The van der Waals surface area contributed by atoms with Gasteiger partial charge in [0.15, 0.2) is 11.0 Å². The maximum Gasteiger partial charge on any atom is 0.237 e. The number of aryl methyl sites for hydroxylation is 1. The molecular weight excluding hydrogens is 370 g/mol. The van der Waals surface area contributed by atoms with Crippen LogP contribution in [0.1, 0.15) is 32.8 Å². The molecule has 0 aliphatic carbocycles. The number of hydrogen-bond donors (Lipinski definition) is 1. The first-order chi connectivity index (χ1) is 13.6. The predicted molar refractivity (Wildman–Crippen MR) is 113 cm³/mol. The van der Waals surface area contributed by atoms with Gasteiger partial charge in [0.25, 0.3) is 0 Å². The van der Waals surface area contributed by atoms with Gasteiger partial charge >= 0.3 is 0 Å². The van der Waals surface area contributed by atoms with Gasteiger partial charge in [-0.3, -0.25) is 9.78 Å². The van der Waals surface area contributed by atoms with Gasteiger partial charge in [0.1, 0.15) is 0 Å². The summed E-state index contributed by atoms with van der Waals surface area (Å²) < 4.78 is 2.07. The quantitative estimate of drug-likeness (QED) is 0.571. The zero-order valence-corrected chi connectivity index (χ0v) is 17.2. The fourth-order valence-electron chi connectivity index (χ4n) is 2.79. The summed E-state index contributed by atoms with van der Waals surface area (Å²) in [5.74, 6) is 0.750. The first-order valence-corrected chi connectivity index (χ1v) is 10.4. The highest BCUT2D eigenvalue weighted by molar-refractivity contribution is 8.00. The van der Waals surface area contributed by atoms with Gasteiger partial charge in [-0.05, 0) is 49.6 Å². The van der Waals surface area contributed by atoms with Crippen molar-refractivity contribution in [2.45, 2.75) is 50.6 Å². The lowest BCUT2D eigenvalue weighted by Gasteiger charge is -2.13. The Hall–Kier alpha value is -2.67. The number of amides is 1. The first kappa shape index (κ1) is 20.1. The molecule has 0 saturated heterocycles. The number of hydrogen-bond acceptors (Lipinski definition) is 5. The molecule has 0 spiro atoms. The Morgan fingerprint density at radius 3 is 2.46 bits per heavy atom. The fourth-order valence-corrected chi connectivity index (χ4v) is 3.67. The van der Waals surface area contributed by atoms with E-state index in [1.54, 1.807) is 12.4 Å². The number of benzene rings is 1. The summed E-state index contributed by atoms with van der Waals surface area (Å²) >= 11 is 1.42. The fraction of sp³-hybridized carbons (Fsp3) is 0.333. The van der Waals surface area contributed by atoms with E-state index in [4.69, 9.17) is 0 Å². The third-order valence-corrected chi connectivity index (χ3v) is 5.46. The molecule has 0 aliphatic rings. The van der Waals surface area contributed by atoms with Gasteiger partial charge in [-0.2, -0.15) is 0 Å². The molecule has 2 heterocycles. The second kappa shape index (κ2) is 9.50. The summed E-state index contributed by atoms with van der Waals surface area (Å²) in [6.45, 7) is 6.90. The average molecular weight is 396 g/mol. The molecule has 28 heavy (non-hydrogen) atoms. The van der Waals surface area contributed by atoms with E-state index < -0.39 is 0 Å². The van der Waals surface area contributed by atoms with Crippen LogP contribution < -0.4 is 5.32 Å². The number of thioether (sulfide) groups is 1. The van der Waals surface area contributed by atoms with Gasteiger partial charge in [0.05, 0.1) is 5.25 Å². The van der Waals surface area contributed by atoms with Crippen LogP contribution in [0.5, 0.6) is 0 Å². The van der Waals surface area contributed by atoms with Gasteiger partial charge in [0.2, 0.25) is 5.91 Å². The van der Waals surface area contributed by atoms with Crippen LogP contribution in [-0.2, 0) is 17.8 Å². The molecule has 1 atom stereocenters. The number of carbonyl (C=O) groups is 1. The minimum Gasteiger partial charge on any atom is -0.325 e. The van der Waals surface area contributed by atoms with Crippen LogP contribution in [0.25, 0.3) is 11.4 Å². The van der Waals surface area contributed by atoms with Crippen molar-refractivity contribution in [3.63, 3.8) is 0 Å². The van der Waals surface area contributed by atoms with Crippen LogP contribution in [0, 0.1) is 0 Å². The molecule has 0 bridgehead atoms. The molecule has 0 unspecified atom stereocenters. The topological polar surface area (TPSA) is 72.7 Å². The smallest absolute Gasteiger partial charge is 0.237 e. The predicted octanol–water partition coefficient (Wildman–Crippen LogP) is 4.43. The molecule has 3 aromatic rings. The molecule has 3 rings (SSSR count). The Labute approximate surface area is 169 Å². The lowest BCUT2D eigenvalue weighted by Crippen LogP contribution is -2.23. The van der Waals surface area contributed by atoms with Crippen LogP contribution in [0.2, 0.25) is 0 Å². The maximum atomic E-state index is 12.6. The minimum absolute atomic E-state index is 0.0502. The molecule has 0 aliphatic heterocycles. The molecular formula is C21H25N5OS. The zero-order valence-electron chi connectivity index (χ0n) is 16.4. The van der Waals surface area contributed by atoms with Crippen LogP contribution in [0.15, 0.2) is 53.9 Å². The summed E-state index contributed by atoms with van der Waals surface area (Å²) in [7, 11) is 0. The number of carbonyl (C=O) groups excluding carboxylic acids is 1. The van der Waals surface area contributed by atoms with E-state index in [-0.39, 0.29) is 11.2 Å². The summed E-state index contributed by atoms with van der Waals surface area (Å²) in [5, 5.41) is 12.1. The molecule has 146 valence electrons. The molecule has 1 N–H and O–H groups in total. The SMILES string of the molecule is CCCn1c(S[C@@H](C)C(=O)Nc2ccc(CC)cc2)nnc1-c1ccncc1. The lowest BCUT2D eigenvalue weighted by atomic mass is 10.1. The van der Waals surface area contributed by atoms with Gasteiger partial charge < -0.3 is 9.88 Å². The van der Waals surface area contributed by atoms with Crippen molar-refractivity contribution < 1.29 is 4.79 Å². The number of nitrogens with one attached hydrogen (secondary N) is 1. The largest absolute Gasteiger partial charge is 0.325 e. The third kappa shape index (κ3) is 4.78. The molecule has 0 fully saturated rings. The van der Waals surface area contributed by atoms with Gasteiger partial charge in [-0.25, -0.2) is 0 Å². The number of nitrogens with zero attached hydrogens (tertiary/aromatic N) is 4. The molecule has 6 nitrogen and oxygen atoms in total. The van der Waals surface area contributed by atoms with Crippen molar-refractivity contribution in [1.82, 2.24) is 19.7 Å². The summed E-state index contributed by atoms with van der Waals surface area (Å²) in [4.78, 5) is 16.7. The van der Waals surface area contributed by atoms with Crippen molar-refractivity contribution in [2.24, 2.45) is 0 Å². The van der Waals surface area contributed by atoms with E-state index in [0.29, 0.717) is 0 Å². The van der Waals surface area contributed by atoms with Crippen LogP contribution in [0.4, 0.5) is 5.69 Å². The van der Waals surface area contributed by atoms with E-state index in [2.05, 4.69) is 38.9 Å². The van der Waals surface area contributed by atoms with Crippen molar-refractivity contribution in [3.05, 3.63) is 54.4 Å². The Morgan fingerprint density at radius 2 is 1.82 bits per heavy atom. The number of aromatic nitrogens is 4. The molecule has 1 amide bonds. The van der Waals surface area contributed by atoms with E-state index in [9.17, 15) is 4.79 Å². The van der Waals surface area contributed by atoms with Crippen molar-refractivity contribution in [2.75, 3.05) is 5.32 Å². The summed E-state index contributed by atoms with van der Waals surface area (Å²) in [5.41, 5.74) is 3.02. The van der Waals surface area contributed by atoms with E-state index in [1.165, 1.54) is 17.3 Å². The normalized spacial score (nSPS) is 12.0. The number of anilines is 1. The third-order valence-electron chi connectivity index (χ3n) is 4.38. The minimum atomic E-state index is -0.295.